The maximum Gasteiger partial charge on any atom is 0.306 e. The van der Waals surface area contributed by atoms with Crippen molar-refractivity contribution in [2.75, 3.05) is 0 Å². The fraction of sp³-hybridized carbons (Fsp3) is 0.500. The Kier molecular flexibility index (Phi) is 5.89. The van der Waals surface area contributed by atoms with Crippen molar-refractivity contribution in [2.24, 2.45) is 5.92 Å². The zero-order valence-electron chi connectivity index (χ0n) is 13.2. The van der Waals surface area contributed by atoms with Crippen molar-refractivity contribution in [3.63, 3.8) is 0 Å². The summed E-state index contributed by atoms with van der Waals surface area (Å²) in [6, 6.07) is 8.63. The van der Waals surface area contributed by atoms with Gasteiger partial charge in [0.15, 0.2) is 0 Å². The highest BCUT2D eigenvalue weighted by Gasteiger charge is 2.31. The maximum atomic E-state index is 11.8. The van der Waals surface area contributed by atoms with Gasteiger partial charge in [-0.3, -0.25) is 4.79 Å². The van der Waals surface area contributed by atoms with Crippen molar-refractivity contribution in [3.8, 4) is 6.07 Å². The number of nitrogens with zero attached hydrogens (tertiary/aromatic N) is 1. The fourth-order valence-corrected chi connectivity index (χ4v) is 2.88. The lowest BCUT2D eigenvalue weighted by molar-refractivity contribution is -0.154. The molecule has 0 aromatic heterocycles. The van der Waals surface area contributed by atoms with E-state index in [0.29, 0.717) is 43.2 Å². The molecule has 1 unspecified atom stereocenters. The number of nitriles is 1. The molecule has 0 radical (unpaired) electrons. The van der Waals surface area contributed by atoms with Gasteiger partial charge < -0.3 is 14.6 Å². The largest absolute Gasteiger partial charge is 0.459 e. The minimum Gasteiger partial charge on any atom is -0.459 e. The first kappa shape index (κ1) is 17.2. The molecule has 2 rings (SSSR count). The Bertz CT molecular complexity index is 602. The zero-order chi connectivity index (χ0) is 16.8. The van der Waals surface area contributed by atoms with Gasteiger partial charge in [-0.2, -0.15) is 5.26 Å². The van der Waals surface area contributed by atoms with Crippen LogP contribution >= 0.6 is 0 Å². The number of hydrogen-bond donors (Lipinski definition) is 1. The Balaban J connectivity index is 2.08. The van der Waals surface area contributed by atoms with Crippen LogP contribution in [0.3, 0.4) is 0 Å². The lowest BCUT2D eigenvalue weighted by Crippen LogP contribution is -2.25. The number of ether oxygens (including phenoxy) is 1. The van der Waals surface area contributed by atoms with Crippen molar-refractivity contribution in [1.29, 1.82) is 5.26 Å². The Hall–Kier alpha value is -2.19. The van der Waals surface area contributed by atoms with Crippen molar-refractivity contribution < 1.29 is 19.4 Å². The monoisotopic (exact) mass is 315 g/mol. The van der Waals surface area contributed by atoms with Crippen molar-refractivity contribution in [2.45, 2.75) is 51.2 Å². The number of ketones is 1. The maximum absolute atomic E-state index is 11.8. The third-order valence-electron chi connectivity index (χ3n) is 4.24. The number of cyclic esters (lactones) is 1. The molecule has 1 aromatic rings. The topological polar surface area (TPSA) is 87.4 Å². The van der Waals surface area contributed by atoms with Crippen LogP contribution in [0, 0.1) is 17.2 Å². The normalized spacial score (nSPS) is 22.6. The highest BCUT2D eigenvalue weighted by atomic mass is 16.6. The zero-order valence-corrected chi connectivity index (χ0v) is 13.2. The Morgan fingerprint density at radius 3 is 2.74 bits per heavy atom. The van der Waals surface area contributed by atoms with Crippen LogP contribution in [0.5, 0.6) is 0 Å². The van der Waals surface area contributed by atoms with E-state index < -0.39 is 12.2 Å². The van der Waals surface area contributed by atoms with Crippen molar-refractivity contribution in [3.05, 3.63) is 35.4 Å². The SMILES string of the molecule is CC(=O)CC[C@H]1CCC(=O)O[C@@H](C(O)c2ccc(C#N)cc2)C1. The highest BCUT2D eigenvalue weighted by molar-refractivity contribution is 5.75. The van der Waals surface area contributed by atoms with Gasteiger partial charge in [-0.25, -0.2) is 0 Å². The fourth-order valence-electron chi connectivity index (χ4n) is 2.88. The van der Waals surface area contributed by atoms with Gasteiger partial charge in [0.2, 0.25) is 0 Å². The van der Waals surface area contributed by atoms with E-state index in [1.807, 2.05) is 6.07 Å². The molecule has 1 aliphatic heterocycles. The lowest BCUT2D eigenvalue weighted by atomic mass is 9.89. The van der Waals surface area contributed by atoms with E-state index in [-0.39, 0.29) is 17.7 Å². The first-order valence-electron chi connectivity index (χ1n) is 7.86. The molecular formula is C18H21NO4. The molecule has 0 spiro atoms. The molecule has 5 nitrogen and oxygen atoms in total. The van der Waals surface area contributed by atoms with Crippen molar-refractivity contribution >= 4 is 11.8 Å². The van der Waals surface area contributed by atoms with Gasteiger partial charge in [-0.05, 0) is 49.8 Å². The molecule has 1 aromatic carbocycles. The molecule has 1 fully saturated rings. The first-order valence-corrected chi connectivity index (χ1v) is 7.86. The summed E-state index contributed by atoms with van der Waals surface area (Å²) in [6.45, 7) is 1.56. The average Bonchev–Trinajstić information content (AvgIpc) is 2.74. The highest BCUT2D eigenvalue weighted by Crippen LogP contribution is 2.31. The van der Waals surface area contributed by atoms with E-state index >= 15 is 0 Å². The number of Topliss-reactive ketones (excluding diaryl/α,β-unsaturated/α-hetero) is 1. The summed E-state index contributed by atoms with van der Waals surface area (Å²) in [4.78, 5) is 22.9. The van der Waals surface area contributed by atoms with Gasteiger partial charge in [0.05, 0.1) is 11.6 Å². The molecule has 0 saturated carbocycles. The van der Waals surface area contributed by atoms with E-state index in [2.05, 4.69) is 0 Å². The van der Waals surface area contributed by atoms with Crippen LogP contribution in [-0.2, 0) is 14.3 Å². The summed E-state index contributed by atoms with van der Waals surface area (Å²) >= 11 is 0. The van der Waals surface area contributed by atoms with Crippen LogP contribution < -0.4 is 0 Å². The van der Waals surface area contributed by atoms with E-state index in [0.717, 1.165) is 0 Å². The second-order valence-corrected chi connectivity index (χ2v) is 6.09. The predicted molar refractivity (Wildman–Crippen MR) is 83.3 cm³/mol. The summed E-state index contributed by atoms with van der Waals surface area (Å²) in [5.41, 5.74) is 1.13. The molecule has 0 bridgehead atoms. The van der Waals surface area contributed by atoms with Gasteiger partial charge in [0.25, 0.3) is 0 Å². The number of esters is 1. The number of rotatable bonds is 5. The molecular weight excluding hydrogens is 294 g/mol. The number of benzene rings is 1. The summed E-state index contributed by atoms with van der Waals surface area (Å²) in [5.74, 6) is 0.00193. The lowest BCUT2D eigenvalue weighted by Gasteiger charge is -2.24. The molecule has 3 atom stereocenters. The summed E-state index contributed by atoms with van der Waals surface area (Å²) in [5, 5.41) is 19.3. The van der Waals surface area contributed by atoms with E-state index in [4.69, 9.17) is 10.00 Å². The molecule has 0 aliphatic carbocycles. The Morgan fingerprint density at radius 1 is 1.43 bits per heavy atom. The molecule has 1 heterocycles. The van der Waals surface area contributed by atoms with Crippen LogP contribution in [0.2, 0.25) is 0 Å². The van der Waals surface area contributed by atoms with Gasteiger partial charge in [0, 0.05) is 12.8 Å². The summed E-state index contributed by atoms with van der Waals surface area (Å²) in [6.07, 6.45) is 1.20. The second kappa shape index (κ2) is 7.89. The third kappa shape index (κ3) is 4.90. The molecule has 0 amide bonds. The predicted octanol–water partition coefficient (Wildman–Crippen LogP) is 2.67. The van der Waals surface area contributed by atoms with Crippen molar-refractivity contribution in [1.82, 2.24) is 0 Å². The van der Waals surface area contributed by atoms with E-state index in [9.17, 15) is 14.7 Å². The van der Waals surface area contributed by atoms with Gasteiger partial charge >= 0.3 is 5.97 Å². The number of aliphatic hydroxyl groups is 1. The second-order valence-electron chi connectivity index (χ2n) is 6.09. The van der Waals surface area contributed by atoms with E-state index in [1.54, 1.807) is 31.2 Å². The molecule has 1 aliphatic rings. The summed E-state index contributed by atoms with van der Waals surface area (Å²) < 4.78 is 5.38. The average molecular weight is 315 g/mol. The van der Waals surface area contributed by atoms with Crippen LogP contribution in [0.15, 0.2) is 24.3 Å². The van der Waals surface area contributed by atoms with Gasteiger partial charge in [-0.1, -0.05) is 12.1 Å². The number of aliphatic hydroxyl groups excluding tert-OH is 1. The molecule has 5 heteroatoms. The third-order valence-corrected chi connectivity index (χ3v) is 4.24. The van der Waals surface area contributed by atoms with E-state index in [1.165, 1.54) is 0 Å². The van der Waals surface area contributed by atoms with Gasteiger partial charge in [-0.15, -0.1) is 0 Å². The standard InChI is InChI=1S/C18H21NO4/c1-12(20)2-3-13-6-9-17(21)23-16(10-13)18(22)15-7-4-14(11-19)5-8-15/h4-5,7-8,13,16,18,22H,2-3,6,9-10H2,1H3/t13-,16+,18?/m0/s1. The first-order chi connectivity index (χ1) is 11.0. The van der Waals surface area contributed by atoms with Crippen LogP contribution in [0.1, 0.15) is 56.3 Å². The molecule has 122 valence electrons. The smallest absolute Gasteiger partial charge is 0.306 e. The number of hydrogen-bond acceptors (Lipinski definition) is 5. The summed E-state index contributed by atoms with van der Waals surface area (Å²) in [7, 11) is 0. The Morgan fingerprint density at radius 2 is 2.13 bits per heavy atom. The minimum atomic E-state index is -0.926. The molecule has 1 N–H and O–H groups in total. The molecule has 1 saturated heterocycles. The minimum absolute atomic E-state index is 0.130. The van der Waals surface area contributed by atoms with Crippen LogP contribution in [0.4, 0.5) is 0 Å². The number of carbonyl (C=O) groups is 2. The Labute approximate surface area is 135 Å². The quantitative estimate of drug-likeness (QED) is 0.844. The van der Waals surface area contributed by atoms with Crippen LogP contribution in [-0.4, -0.2) is 23.0 Å². The van der Waals surface area contributed by atoms with Gasteiger partial charge in [0.1, 0.15) is 18.0 Å². The molecule has 23 heavy (non-hydrogen) atoms. The number of carbonyl (C=O) groups excluding carboxylic acids is 2. The van der Waals surface area contributed by atoms with Crippen LogP contribution in [0.25, 0.3) is 0 Å².